The third-order valence-corrected chi connectivity index (χ3v) is 2.69. The summed E-state index contributed by atoms with van der Waals surface area (Å²) in [5.41, 5.74) is 1.12. The van der Waals surface area contributed by atoms with Crippen LogP contribution in [-0.2, 0) is 9.53 Å². The van der Waals surface area contributed by atoms with Gasteiger partial charge in [-0.1, -0.05) is 18.2 Å². The predicted octanol–water partition coefficient (Wildman–Crippen LogP) is 3.75. The maximum absolute atomic E-state index is 11.8. The molecule has 1 rings (SSSR count). The average Bonchev–Trinajstić information content (AvgIpc) is 2.33. The molecule has 1 aromatic carbocycles. The zero-order chi connectivity index (χ0) is 14.5. The molecule has 0 atom stereocenters. The molecule has 3 nitrogen and oxygen atoms in total. The van der Waals surface area contributed by atoms with E-state index in [0.29, 0.717) is 12.4 Å². The maximum atomic E-state index is 11.8. The van der Waals surface area contributed by atoms with E-state index in [9.17, 15) is 4.79 Å². The molecule has 19 heavy (non-hydrogen) atoms. The van der Waals surface area contributed by atoms with Crippen molar-refractivity contribution in [3.05, 3.63) is 35.4 Å². The number of ether oxygens (including phenoxy) is 2. The van der Waals surface area contributed by atoms with Gasteiger partial charge < -0.3 is 9.47 Å². The van der Waals surface area contributed by atoms with Gasteiger partial charge in [-0.15, -0.1) is 0 Å². The van der Waals surface area contributed by atoms with Crippen molar-refractivity contribution in [2.45, 2.75) is 40.2 Å². The van der Waals surface area contributed by atoms with E-state index in [4.69, 9.17) is 9.47 Å². The lowest BCUT2D eigenvalue weighted by Gasteiger charge is -2.25. The number of carbonyl (C=O) groups is 1. The van der Waals surface area contributed by atoms with Crippen molar-refractivity contribution in [2.24, 2.45) is 0 Å². The molecule has 0 spiro atoms. The molecule has 104 valence electrons. The standard InChI is InChI=1S/C16H22O3/c1-6-8-13-9-10-14(12(3)11-13)19-16(4,5)15(17)18-7-2/h6,8-11H,7H2,1-5H3/b8-6+. The van der Waals surface area contributed by atoms with Crippen molar-refractivity contribution in [3.8, 4) is 5.75 Å². The molecular formula is C16H22O3. The number of esters is 1. The minimum Gasteiger partial charge on any atom is -0.476 e. The zero-order valence-electron chi connectivity index (χ0n) is 12.3. The van der Waals surface area contributed by atoms with Crippen molar-refractivity contribution >= 4 is 12.0 Å². The molecule has 0 aliphatic heterocycles. The molecule has 0 aromatic heterocycles. The molecule has 0 fully saturated rings. The van der Waals surface area contributed by atoms with Crippen LogP contribution in [0.5, 0.6) is 5.75 Å². The molecule has 1 aromatic rings. The Kier molecular flexibility index (Phi) is 5.16. The summed E-state index contributed by atoms with van der Waals surface area (Å²) < 4.78 is 10.8. The van der Waals surface area contributed by atoms with Crippen LogP contribution in [0.1, 0.15) is 38.8 Å². The normalized spacial score (nSPS) is 11.6. The Morgan fingerprint density at radius 3 is 2.58 bits per heavy atom. The molecular weight excluding hydrogens is 240 g/mol. The summed E-state index contributed by atoms with van der Waals surface area (Å²) in [7, 11) is 0. The van der Waals surface area contributed by atoms with E-state index in [1.54, 1.807) is 20.8 Å². The van der Waals surface area contributed by atoms with E-state index < -0.39 is 5.60 Å². The summed E-state index contributed by atoms with van der Waals surface area (Å²) in [6.07, 6.45) is 4.01. The van der Waals surface area contributed by atoms with Gasteiger partial charge >= 0.3 is 5.97 Å². The first-order valence-electron chi connectivity index (χ1n) is 6.50. The second kappa shape index (κ2) is 6.41. The van der Waals surface area contributed by atoms with Crippen LogP contribution in [-0.4, -0.2) is 18.2 Å². The lowest BCUT2D eigenvalue weighted by molar-refractivity contribution is -0.158. The molecule has 0 saturated heterocycles. The van der Waals surface area contributed by atoms with Crippen molar-refractivity contribution in [1.82, 2.24) is 0 Å². The Morgan fingerprint density at radius 2 is 2.05 bits per heavy atom. The highest BCUT2D eigenvalue weighted by Gasteiger charge is 2.31. The third kappa shape index (κ3) is 4.12. The molecule has 0 N–H and O–H groups in total. The molecule has 0 aliphatic carbocycles. The first kappa shape index (κ1) is 15.3. The summed E-state index contributed by atoms with van der Waals surface area (Å²) in [6, 6.07) is 5.87. The molecule has 0 saturated carbocycles. The third-order valence-electron chi connectivity index (χ3n) is 2.69. The number of hydrogen-bond donors (Lipinski definition) is 0. The fourth-order valence-electron chi connectivity index (χ4n) is 1.70. The molecule has 0 amide bonds. The number of rotatable bonds is 5. The average molecular weight is 262 g/mol. The van der Waals surface area contributed by atoms with Gasteiger partial charge in [0.15, 0.2) is 5.60 Å². The van der Waals surface area contributed by atoms with Crippen LogP contribution < -0.4 is 4.74 Å². The van der Waals surface area contributed by atoms with Gasteiger partial charge in [0.05, 0.1) is 6.61 Å². The highest BCUT2D eigenvalue weighted by atomic mass is 16.6. The predicted molar refractivity (Wildman–Crippen MR) is 77.2 cm³/mol. The molecule has 0 radical (unpaired) electrons. The van der Waals surface area contributed by atoms with Crippen LogP contribution in [0.15, 0.2) is 24.3 Å². The minimum atomic E-state index is -0.983. The number of aryl methyl sites for hydroxylation is 1. The first-order valence-corrected chi connectivity index (χ1v) is 6.50. The fraction of sp³-hybridized carbons (Fsp3) is 0.438. The Labute approximate surface area is 115 Å². The Bertz CT molecular complexity index is 473. The quantitative estimate of drug-likeness (QED) is 0.758. The Balaban J connectivity index is 2.90. The highest BCUT2D eigenvalue weighted by Crippen LogP contribution is 2.25. The van der Waals surface area contributed by atoms with Crippen molar-refractivity contribution in [1.29, 1.82) is 0 Å². The number of allylic oxidation sites excluding steroid dienone is 1. The van der Waals surface area contributed by atoms with E-state index >= 15 is 0 Å². The van der Waals surface area contributed by atoms with Gasteiger partial charge in [-0.25, -0.2) is 4.79 Å². The summed E-state index contributed by atoms with van der Waals surface area (Å²) >= 11 is 0. The largest absolute Gasteiger partial charge is 0.476 e. The number of hydrogen-bond acceptors (Lipinski definition) is 3. The van der Waals surface area contributed by atoms with Crippen LogP contribution >= 0.6 is 0 Å². The Morgan fingerprint density at radius 1 is 1.37 bits per heavy atom. The van der Waals surface area contributed by atoms with Crippen LogP contribution in [0, 0.1) is 6.92 Å². The molecule has 0 unspecified atom stereocenters. The topological polar surface area (TPSA) is 35.5 Å². The van der Waals surface area contributed by atoms with E-state index in [2.05, 4.69) is 0 Å². The van der Waals surface area contributed by atoms with Gasteiger partial charge in [-0.2, -0.15) is 0 Å². The summed E-state index contributed by atoms with van der Waals surface area (Å²) in [5, 5.41) is 0. The van der Waals surface area contributed by atoms with Crippen LogP contribution in [0.25, 0.3) is 6.08 Å². The van der Waals surface area contributed by atoms with Gasteiger partial charge in [0.2, 0.25) is 0 Å². The summed E-state index contributed by atoms with van der Waals surface area (Å²) in [6.45, 7) is 9.50. The van der Waals surface area contributed by atoms with E-state index in [0.717, 1.165) is 11.1 Å². The Hall–Kier alpha value is -1.77. The SMILES string of the molecule is C/C=C/c1ccc(OC(C)(C)C(=O)OCC)c(C)c1. The van der Waals surface area contributed by atoms with Crippen molar-refractivity contribution < 1.29 is 14.3 Å². The van der Waals surface area contributed by atoms with Crippen molar-refractivity contribution in [2.75, 3.05) is 6.61 Å². The maximum Gasteiger partial charge on any atom is 0.349 e. The van der Waals surface area contributed by atoms with E-state index in [1.165, 1.54) is 0 Å². The molecule has 0 heterocycles. The number of benzene rings is 1. The van der Waals surface area contributed by atoms with Crippen LogP contribution in [0.3, 0.4) is 0 Å². The minimum absolute atomic E-state index is 0.352. The summed E-state index contributed by atoms with van der Waals surface area (Å²) in [5.74, 6) is 0.346. The first-order chi connectivity index (χ1) is 8.90. The molecule has 3 heteroatoms. The second-order valence-electron chi connectivity index (χ2n) is 4.86. The van der Waals surface area contributed by atoms with Crippen LogP contribution in [0.4, 0.5) is 0 Å². The van der Waals surface area contributed by atoms with E-state index in [-0.39, 0.29) is 5.97 Å². The van der Waals surface area contributed by atoms with Crippen LogP contribution in [0.2, 0.25) is 0 Å². The summed E-state index contributed by atoms with van der Waals surface area (Å²) in [4.78, 5) is 11.8. The van der Waals surface area contributed by atoms with Crippen molar-refractivity contribution in [3.63, 3.8) is 0 Å². The van der Waals surface area contributed by atoms with Gasteiger partial charge in [0, 0.05) is 0 Å². The molecule has 0 bridgehead atoms. The van der Waals surface area contributed by atoms with Gasteiger partial charge in [0.25, 0.3) is 0 Å². The van der Waals surface area contributed by atoms with Gasteiger partial charge in [-0.3, -0.25) is 0 Å². The highest BCUT2D eigenvalue weighted by molar-refractivity contribution is 5.79. The smallest absolute Gasteiger partial charge is 0.349 e. The zero-order valence-corrected chi connectivity index (χ0v) is 12.3. The van der Waals surface area contributed by atoms with E-state index in [1.807, 2.05) is 44.2 Å². The molecule has 0 aliphatic rings. The monoisotopic (exact) mass is 262 g/mol. The van der Waals surface area contributed by atoms with Gasteiger partial charge in [-0.05, 0) is 57.9 Å². The lowest BCUT2D eigenvalue weighted by atomic mass is 10.1. The lowest BCUT2D eigenvalue weighted by Crippen LogP contribution is -2.39. The number of carbonyl (C=O) groups excluding carboxylic acids is 1. The fourth-order valence-corrected chi connectivity index (χ4v) is 1.70. The van der Waals surface area contributed by atoms with Gasteiger partial charge in [0.1, 0.15) is 5.75 Å². The second-order valence-corrected chi connectivity index (χ2v) is 4.86.